The van der Waals surface area contributed by atoms with Crippen LogP contribution in [0.15, 0.2) is 18.2 Å². The molecule has 2 aliphatic rings. The zero-order valence-electron chi connectivity index (χ0n) is 16.2. The minimum absolute atomic E-state index is 0. The zero-order chi connectivity index (χ0) is 18.4. The average molecular weight is 397 g/mol. The highest BCUT2D eigenvalue weighted by Crippen LogP contribution is 2.32. The van der Waals surface area contributed by atoms with Crippen molar-refractivity contribution in [1.82, 2.24) is 10.2 Å². The maximum absolute atomic E-state index is 11.6. The van der Waals surface area contributed by atoms with E-state index < -0.39 is 0 Å². The second kappa shape index (κ2) is 10.9. The molecule has 0 radical (unpaired) electrons. The molecule has 27 heavy (non-hydrogen) atoms. The number of hydrogen-bond acceptors (Lipinski definition) is 5. The first-order chi connectivity index (χ1) is 12.7. The van der Waals surface area contributed by atoms with Crippen molar-refractivity contribution < 1.29 is 9.90 Å². The van der Waals surface area contributed by atoms with Crippen LogP contribution in [0.25, 0.3) is 0 Å². The summed E-state index contributed by atoms with van der Waals surface area (Å²) in [4.78, 5) is 16.4. The van der Waals surface area contributed by atoms with Gasteiger partial charge < -0.3 is 20.6 Å². The molecule has 1 atom stereocenters. The van der Waals surface area contributed by atoms with Crippen LogP contribution in [0.2, 0.25) is 0 Å². The molecule has 1 fully saturated rings. The molecule has 0 unspecified atom stereocenters. The third-order valence-electron chi connectivity index (χ3n) is 5.30. The van der Waals surface area contributed by atoms with Crippen molar-refractivity contribution in [2.75, 3.05) is 56.0 Å². The van der Waals surface area contributed by atoms with Gasteiger partial charge in [0.1, 0.15) is 0 Å². The highest BCUT2D eigenvalue weighted by atomic mass is 35.5. The van der Waals surface area contributed by atoms with Gasteiger partial charge in [-0.3, -0.25) is 9.69 Å². The Bertz CT molecular complexity index is 606. The summed E-state index contributed by atoms with van der Waals surface area (Å²) in [6.45, 7) is 8.40. The number of benzene rings is 1. The number of nitrogens with zero attached hydrogens (tertiary/aromatic N) is 2. The highest BCUT2D eigenvalue weighted by Gasteiger charge is 2.24. The van der Waals surface area contributed by atoms with E-state index in [-0.39, 0.29) is 24.4 Å². The number of anilines is 2. The molecule has 0 spiro atoms. The Morgan fingerprint density at radius 3 is 2.74 bits per heavy atom. The zero-order valence-corrected chi connectivity index (χ0v) is 17.1. The number of fused-ring (bicyclic) bond motifs is 1. The largest absolute Gasteiger partial charge is 0.390 e. The van der Waals surface area contributed by atoms with E-state index in [1.165, 1.54) is 17.7 Å². The number of halogens is 1. The first-order valence-corrected chi connectivity index (χ1v) is 9.95. The molecule has 0 aliphatic carbocycles. The van der Waals surface area contributed by atoms with E-state index in [1.807, 2.05) is 12.1 Å². The maximum atomic E-state index is 11.6. The lowest BCUT2D eigenvalue weighted by atomic mass is 10.00. The molecule has 6 nitrogen and oxygen atoms in total. The molecule has 3 rings (SSSR count). The highest BCUT2D eigenvalue weighted by molar-refractivity contribution is 5.95. The number of nitrogens with one attached hydrogen (secondary N) is 2. The fraction of sp³-hybridized carbons (Fsp3) is 0.650. The van der Waals surface area contributed by atoms with Gasteiger partial charge in [0.05, 0.1) is 6.10 Å². The van der Waals surface area contributed by atoms with Gasteiger partial charge in [0, 0.05) is 57.1 Å². The number of aliphatic hydroxyl groups is 1. The van der Waals surface area contributed by atoms with Gasteiger partial charge in [-0.2, -0.15) is 0 Å². The van der Waals surface area contributed by atoms with E-state index in [0.29, 0.717) is 13.0 Å². The molecular weight excluding hydrogens is 364 g/mol. The smallest absolute Gasteiger partial charge is 0.224 e. The van der Waals surface area contributed by atoms with Gasteiger partial charge in [0.2, 0.25) is 5.91 Å². The van der Waals surface area contributed by atoms with Crippen molar-refractivity contribution in [2.45, 2.75) is 38.7 Å². The van der Waals surface area contributed by atoms with Gasteiger partial charge in [-0.25, -0.2) is 0 Å². The number of amides is 1. The molecule has 1 aromatic carbocycles. The quantitative estimate of drug-likeness (QED) is 0.585. The molecule has 2 aliphatic heterocycles. The molecule has 0 saturated carbocycles. The molecule has 0 bridgehead atoms. The number of carbonyl (C=O) groups excluding carboxylic acids is 1. The summed E-state index contributed by atoms with van der Waals surface area (Å²) in [5, 5.41) is 16.5. The summed E-state index contributed by atoms with van der Waals surface area (Å²) in [5.74, 6) is 0.112. The van der Waals surface area contributed by atoms with E-state index >= 15 is 0 Å². The van der Waals surface area contributed by atoms with Crippen LogP contribution in [0.4, 0.5) is 11.4 Å². The van der Waals surface area contributed by atoms with Crippen molar-refractivity contribution in [3.63, 3.8) is 0 Å². The number of unbranched alkanes of at least 4 members (excludes halogenated alkanes) is 1. The van der Waals surface area contributed by atoms with E-state index in [1.54, 1.807) is 0 Å². The summed E-state index contributed by atoms with van der Waals surface area (Å²) in [7, 11) is 0. The average Bonchev–Trinajstić information content (AvgIpc) is 2.65. The normalized spacial score (nSPS) is 18.4. The summed E-state index contributed by atoms with van der Waals surface area (Å²) >= 11 is 0. The summed E-state index contributed by atoms with van der Waals surface area (Å²) in [5.41, 5.74) is 3.49. The molecule has 3 N–H and O–H groups in total. The maximum Gasteiger partial charge on any atom is 0.224 e. The monoisotopic (exact) mass is 396 g/mol. The lowest BCUT2D eigenvalue weighted by Crippen LogP contribution is -2.50. The SMILES string of the molecule is CCCCNC[C@H](O)CN1CCN(c2cccc3c2CCC(=O)N3)CC1.Cl. The molecular formula is C20H33ClN4O2. The molecule has 1 aromatic rings. The molecule has 1 amide bonds. The van der Waals surface area contributed by atoms with Gasteiger partial charge in [-0.15, -0.1) is 12.4 Å². The predicted octanol–water partition coefficient (Wildman–Crippen LogP) is 1.87. The van der Waals surface area contributed by atoms with Gasteiger partial charge in [0.15, 0.2) is 0 Å². The first kappa shape index (κ1) is 22.0. The van der Waals surface area contributed by atoms with Crippen molar-refractivity contribution in [3.8, 4) is 0 Å². The van der Waals surface area contributed by atoms with Gasteiger partial charge >= 0.3 is 0 Å². The number of hydrogen-bond donors (Lipinski definition) is 3. The van der Waals surface area contributed by atoms with E-state index in [0.717, 1.165) is 57.8 Å². The Kier molecular flexibility index (Phi) is 8.83. The predicted molar refractivity (Wildman–Crippen MR) is 113 cm³/mol. The summed E-state index contributed by atoms with van der Waals surface area (Å²) in [6.07, 6.45) is 3.42. The third kappa shape index (κ3) is 6.07. The number of β-amino-alcohol motifs (C(OH)–C–C–N with tert-alkyl or cyclic N) is 1. The second-order valence-corrected chi connectivity index (χ2v) is 7.35. The Morgan fingerprint density at radius 1 is 1.22 bits per heavy atom. The summed E-state index contributed by atoms with van der Waals surface area (Å²) < 4.78 is 0. The van der Waals surface area contributed by atoms with Crippen LogP contribution in [0.3, 0.4) is 0 Å². The summed E-state index contributed by atoms with van der Waals surface area (Å²) in [6, 6.07) is 6.18. The fourth-order valence-corrected chi connectivity index (χ4v) is 3.81. The van der Waals surface area contributed by atoms with Crippen molar-refractivity contribution in [1.29, 1.82) is 0 Å². The van der Waals surface area contributed by atoms with Crippen LogP contribution in [-0.2, 0) is 11.2 Å². The van der Waals surface area contributed by atoms with E-state index in [2.05, 4.69) is 33.4 Å². The van der Waals surface area contributed by atoms with Gasteiger partial charge in [-0.05, 0) is 37.1 Å². The molecule has 1 saturated heterocycles. The first-order valence-electron chi connectivity index (χ1n) is 9.95. The van der Waals surface area contributed by atoms with Crippen LogP contribution in [-0.4, -0.2) is 67.8 Å². The standard InChI is InChI=1S/C20H32N4O2.ClH/c1-2-3-9-21-14-16(25)15-23-10-12-24(13-11-23)19-6-4-5-18-17(19)7-8-20(26)22-18;/h4-6,16,21,25H,2-3,7-15H2,1H3,(H,22,26);1H/t16-;/m0./s1. The van der Waals surface area contributed by atoms with Crippen LogP contribution in [0.1, 0.15) is 31.7 Å². The van der Waals surface area contributed by atoms with Crippen LogP contribution in [0.5, 0.6) is 0 Å². The number of carbonyl (C=O) groups is 1. The second-order valence-electron chi connectivity index (χ2n) is 7.35. The van der Waals surface area contributed by atoms with Crippen LogP contribution < -0.4 is 15.5 Å². The minimum Gasteiger partial charge on any atom is -0.390 e. The fourth-order valence-electron chi connectivity index (χ4n) is 3.81. The van der Waals surface area contributed by atoms with Crippen LogP contribution in [0, 0.1) is 0 Å². The number of piperazine rings is 1. The Labute approximate surface area is 168 Å². The van der Waals surface area contributed by atoms with E-state index in [9.17, 15) is 9.90 Å². The molecule has 0 aromatic heterocycles. The minimum atomic E-state index is -0.307. The number of rotatable bonds is 8. The molecule has 152 valence electrons. The number of aliphatic hydroxyl groups excluding tert-OH is 1. The lowest BCUT2D eigenvalue weighted by Gasteiger charge is -2.38. The van der Waals surface area contributed by atoms with Gasteiger partial charge in [-0.1, -0.05) is 19.4 Å². The molecule has 7 heteroatoms. The van der Waals surface area contributed by atoms with Crippen molar-refractivity contribution in [2.24, 2.45) is 0 Å². The van der Waals surface area contributed by atoms with Crippen molar-refractivity contribution in [3.05, 3.63) is 23.8 Å². The Balaban J connectivity index is 0.00000261. The Morgan fingerprint density at radius 2 is 2.00 bits per heavy atom. The van der Waals surface area contributed by atoms with E-state index in [4.69, 9.17) is 0 Å². The van der Waals surface area contributed by atoms with Crippen LogP contribution >= 0.6 is 12.4 Å². The lowest BCUT2D eigenvalue weighted by molar-refractivity contribution is -0.116. The Hall–Kier alpha value is -1.34. The third-order valence-corrected chi connectivity index (χ3v) is 5.30. The van der Waals surface area contributed by atoms with Gasteiger partial charge in [0.25, 0.3) is 0 Å². The van der Waals surface area contributed by atoms with Crippen molar-refractivity contribution >= 4 is 29.7 Å². The molecule has 2 heterocycles. The topological polar surface area (TPSA) is 67.8 Å².